The summed E-state index contributed by atoms with van der Waals surface area (Å²) in [4.78, 5) is 0. The Kier molecular flexibility index (Phi) is 12.1. The van der Waals surface area contributed by atoms with E-state index >= 15 is 0 Å². The van der Waals surface area contributed by atoms with E-state index in [1.807, 2.05) is 0 Å². The Morgan fingerprint density at radius 1 is 0.833 bits per heavy atom. The maximum Gasteiger partial charge on any atom is -0.0417 e. The molecule has 0 aliphatic heterocycles. The van der Waals surface area contributed by atoms with E-state index in [4.69, 9.17) is 0 Å². The first-order valence-electron chi connectivity index (χ1n) is 8.18. The molecule has 0 aliphatic rings. The van der Waals surface area contributed by atoms with E-state index in [2.05, 4.69) is 41.0 Å². The summed E-state index contributed by atoms with van der Waals surface area (Å²) in [5.41, 5.74) is 0. The average Bonchev–Trinajstić information content (AvgIpc) is 2.36. The van der Waals surface area contributed by atoms with E-state index < -0.39 is 0 Å². The molecule has 0 bridgehead atoms. The molecule has 0 aromatic heterocycles. The summed E-state index contributed by atoms with van der Waals surface area (Å²) in [5, 5.41) is 0. The molecule has 18 heavy (non-hydrogen) atoms. The third-order valence-electron chi connectivity index (χ3n) is 4.44. The molecule has 0 saturated carbocycles. The van der Waals surface area contributed by atoms with Crippen LogP contribution < -0.4 is 0 Å². The van der Waals surface area contributed by atoms with Crippen molar-refractivity contribution in [1.82, 2.24) is 0 Å². The Balaban J connectivity index is 3.57. The van der Waals surface area contributed by atoms with Gasteiger partial charge in [0.1, 0.15) is 0 Å². The Morgan fingerprint density at radius 3 is 2.11 bits per heavy atom. The van der Waals surface area contributed by atoms with Crippen molar-refractivity contribution in [2.45, 2.75) is 85.5 Å². The standard InChI is InChI=1S/C18H36/c1-6-8-10-12-16(3)14-15-18(5)17(4)13-11-9-7-2/h6,16-18H,2,7-15H2,1,3-5H3. The van der Waals surface area contributed by atoms with Crippen molar-refractivity contribution in [2.24, 2.45) is 17.8 Å². The van der Waals surface area contributed by atoms with Crippen LogP contribution in [0.25, 0.3) is 0 Å². The number of hydrogen-bond donors (Lipinski definition) is 0. The maximum atomic E-state index is 3.92. The molecule has 0 rings (SSSR count). The SMILES string of the molecule is [CH2]CCCCC(C)C(C)CCC(C)CCC[CH]C. The Hall–Kier alpha value is 0. The summed E-state index contributed by atoms with van der Waals surface area (Å²) in [6.45, 7) is 13.4. The highest BCUT2D eigenvalue weighted by Gasteiger charge is 2.13. The molecule has 108 valence electrons. The summed E-state index contributed by atoms with van der Waals surface area (Å²) in [6.07, 6.45) is 14.4. The lowest BCUT2D eigenvalue weighted by Gasteiger charge is -2.21. The lowest BCUT2D eigenvalue weighted by molar-refractivity contribution is 0.304. The minimum Gasteiger partial charge on any atom is -0.0625 e. The van der Waals surface area contributed by atoms with E-state index in [0.717, 1.165) is 24.2 Å². The van der Waals surface area contributed by atoms with Crippen LogP contribution in [0.4, 0.5) is 0 Å². The number of unbranched alkanes of at least 4 members (excludes halogenated alkanes) is 4. The predicted molar refractivity (Wildman–Crippen MR) is 84.4 cm³/mol. The average molecular weight is 252 g/mol. The molecule has 0 aliphatic carbocycles. The van der Waals surface area contributed by atoms with Gasteiger partial charge in [-0.25, -0.2) is 0 Å². The first kappa shape index (κ1) is 18.0. The predicted octanol–water partition coefficient (Wildman–Crippen LogP) is 6.46. The van der Waals surface area contributed by atoms with Gasteiger partial charge in [0, 0.05) is 0 Å². The monoisotopic (exact) mass is 252 g/mol. The van der Waals surface area contributed by atoms with E-state index in [1.165, 1.54) is 51.4 Å². The van der Waals surface area contributed by atoms with Gasteiger partial charge in [0.25, 0.3) is 0 Å². The van der Waals surface area contributed by atoms with Crippen LogP contribution in [0.5, 0.6) is 0 Å². The molecule has 2 radical (unpaired) electrons. The molecule has 0 nitrogen and oxygen atoms in total. The molecule has 0 N–H and O–H groups in total. The zero-order valence-electron chi connectivity index (χ0n) is 13.4. The van der Waals surface area contributed by atoms with Crippen molar-refractivity contribution in [3.8, 4) is 0 Å². The topological polar surface area (TPSA) is 0 Å². The van der Waals surface area contributed by atoms with Crippen LogP contribution in [0.3, 0.4) is 0 Å². The van der Waals surface area contributed by atoms with Crippen LogP contribution in [-0.4, -0.2) is 0 Å². The fourth-order valence-corrected chi connectivity index (χ4v) is 2.57. The van der Waals surface area contributed by atoms with Gasteiger partial charge in [0.05, 0.1) is 0 Å². The van der Waals surface area contributed by atoms with Gasteiger partial charge in [-0.3, -0.25) is 0 Å². The Labute approximate surface area is 117 Å². The van der Waals surface area contributed by atoms with E-state index in [1.54, 1.807) is 0 Å². The number of rotatable bonds is 12. The van der Waals surface area contributed by atoms with Crippen molar-refractivity contribution in [3.05, 3.63) is 13.3 Å². The highest BCUT2D eigenvalue weighted by molar-refractivity contribution is 4.66. The molecular weight excluding hydrogens is 216 g/mol. The van der Waals surface area contributed by atoms with Crippen molar-refractivity contribution >= 4 is 0 Å². The summed E-state index contributed by atoms with van der Waals surface area (Å²) < 4.78 is 0. The second-order valence-electron chi connectivity index (χ2n) is 6.33. The third kappa shape index (κ3) is 9.97. The molecule has 0 aromatic rings. The number of hydrogen-bond acceptors (Lipinski definition) is 0. The minimum atomic E-state index is 0.896. The normalized spacial score (nSPS) is 16.5. The van der Waals surface area contributed by atoms with Crippen molar-refractivity contribution in [2.75, 3.05) is 0 Å². The first-order valence-corrected chi connectivity index (χ1v) is 8.18. The summed E-state index contributed by atoms with van der Waals surface area (Å²) in [7, 11) is 0. The highest BCUT2D eigenvalue weighted by Crippen LogP contribution is 2.25. The van der Waals surface area contributed by atoms with Crippen LogP contribution in [-0.2, 0) is 0 Å². The second kappa shape index (κ2) is 12.1. The lowest BCUT2D eigenvalue weighted by atomic mass is 9.85. The van der Waals surface area contributed by atoms with Gasteiger partial charge in [-0.2, -0.15) is 0 Å². The molecule has 0 spiro atoms. The van der Waals surface area contributed by atoms with Gasteiger partial charge in [-0.05, 0) is 24.2 Å². The summed E-state index contributed by atoms with van der Waals surface area (Å²) in [5.74, 6) is 2.71. The molecular formula is C18H36. The molecule has 0 aromatic carbocycles. The summed E-state index contributed by atoms with van der Waals surface area (Å²) in [6, 6.07) is 0. The third-order valence-corrected chi connectivity index (χ3v) is 4.44. The quantitative estimate of drug-likeness (QED) is 0.349. The van der Waals surface area contributed by atoms with E-state index in [0.29, 0.717) is 0 Å². The molecule has 0 heterocycles. The maximum absolute atomic E-state index is 3.92. The molecule has 0 heteroatoms. The van der Waals surface area contributed by atoms with Crippen LogP contribution >= 0.6 is 0 Å². The molecule has 0 saturated heterocycles. The largest absolute Gasteiger partial charge is 0.0625 e. The van der Waals surface area contributed by atoms with Gasteiger partial charge in [-0.1, -0.05) is 92.4 Å². The van der Waals surface area contributed by atoms with Gasteiger partial charge in [-0.15, -0.1) is 0 Å². The molecule has 0 fully saturated rings. The fourth-order valence-electron chi connectivity index (χ4n) is 2.57. The van der Waals surface area contributed by atoms with E-state index in [9.17, 15) is 0 Å². The summed E-state index contributed by atoms with van der Waals surface area (Å²) >= 11 is 0. The van der Waals surface area contributed by atoms with Crippen LogP contribution in [0, 0.1) is 31.1 Å². The highest BCUT2D eigenvalue weighted by atomic mass is 14.2. The van der Waals surface area contributed by atoms with Crippen molar-refractivity contribution in [3.63, 3.8) is 0 Å². The fraction of sp³-hybridized carbons (Fsp3) is 0.889. The van der Waals surface area contributed by atoms with Gasteiger partial charge < -0.3 is 0 Å². The van der Waals surface area contributed by atoms with Crippen LogP contribution in [0.15, 0.2) is 0 Å². The second-order valence-corrected chi connectivity index (χ2v) is 6.33. The van der Waals surface area contributed by atoms with Gasteiger partial charge in [0.2, 0.25) is 0 Å². The van der Waals surface area contributed by atoms with Crippen LogP contribution in [0.1, 0.15) is 85.5 Å². The lowest BCUT2D eigenvalue weighted by Crippen LogP contribution is -2.10. The zero-order chi connectivity index (χ0) is 13.8. The smallest absolute Gasteiger partial charge is 0.0417 e. The minimum absolute atomic E-state index is 0.896. The molecule has 3 atom stereocenters. The Morgan fingerprint density at radius 2 is 1.50 bits per heavy atom. The van der Waals surface area contributed by atoms with Crippen molar-refractivity contribution < 1.29 is 0 Å². The van der Waals surface area contributed by atoms with Crippen molar-refractivity contribution in [1.29, 1.82) is 0 Å². The molecule has 0 amide bonds. The first-order chi connectivity index (χ1) is 8.61. The van der Waals surface area contributed by atoms with Gasteiger partial charge >= 0.3 is 0 Å². The zero-order valence-corrected chi connectivity index (χ0v) is 13.4. The van der Waals surface area contributed by atoms with E-state index in [-0.39, 0.29) is 0 Å². The Bertz CT molecular complexity index is 161. The van der Waals surface area contributed by atoms with Crippen LogP contribution in [0.2, 0.25) is 0 Å². The molecule has 3 unspecified atom stereocenters. The van der Waals surface area contributed by atoms with Gasteiger partial charge in [0.15, 0.2) is 0 Å².